The maximum Gasteiger partial charge on any atom is 0.143 e. The fraction of sp³-hybridized carbons (Fsp3) is 0.111. The van der Waals surface area contributed by atoms with Gasteiger partial charge in [-0.3, -0.25) is 0 Å². The number of phenolic OH excluding ortho intramolecular Hbond substituents is 1. The van der Waals surface area contributed by atoms with Crippen LogP contribution in [0.2, 0.25) is 0 Å². The van der Waals surface area contributed by atoms with E-state index in [2.05, 4.69) is 16.8 Å². The zero-order chi connectivity index (χ0) is 9.68. The van der Waals surface area contributed by atoms with E-state index in [0.29, 0.717) is 5.69 Å². The Morgan fingerprint density at radius 2 is 2.00 bits per heavy atom. The van der Waals surface area contributed by atoms with Crippen LogP contribution in [0.15, 0.2) is 46.8 Å². The zero-order valence-corrected chi connectivity index (χ0v) is 8.26. The second-order valence-electron chi connectivity index (χ2n) is 2.45. The maximum atomic E-state index is 9.24. The van der Waals surface area contributed by atoms with Crippen molar-refractivity contribution in [1.82, 2.24) is 0 Å². The molecule has 0 unspecified atom stereocenters. The summed E-state index contributed by atoms with van der Waals surface area (Å²) in [5.74, 6) is 0.00831. The molecule has 0 saturated carbocycles. The first kappa shape index (κ1) is 12.7. The van der Waals surface area contributed by atoms with Crippen LogP contribution >= 0.6 is 0 Å². The van der Waals surface area contributed by atoms with Gasteiger partial charge in [0, 0.05) is 17.1 Å². The number of aromatic hydroxyl groups is 1. The molecule has 0 bridgehead atoms. The van der Waals surface area contributed by atoms with Gasteiger partial charge in [-0.05, 0) is 12.1 Å². The smallest absolute Gasteiger partial charge is 0.143 e. The molecular formula is C9H10CuN2O2. The average molecular weight is 242 g/mol. The number of hydrogen-bond acceptors (Lipinski definition) is 4. The normalized spacial score (nSPS) is 9.71. The van der Waals surface area contributed by atoms with E-state index in [1.54, 1.807) is 18.2 Å². The van der Waals surface area contributed by atoms with Crippen LogP contribution in [0, 0.1) is 0 Å². The van der Waals surface area contributed by atoms with Crippen molar-refractivity contribution in [2.45, 2.75) is 0 Å². The first-order valence-electron chi connectivity index (χ1n) is 3.72. The van der Waals surface area contributed by atoms with E-state index in [1.807, 2.05) is 0 Å². The molecule has 1 aromatic carbocycles. The van der Waals surface area contributed by atoms with Gasteiger partial charge >= 0.3 is 0 Å². The predicted molar refractivity (Wildman–Crippen MR) is 49.3 cm³/mol. The van der Waals surface area contributed by atoms with E-state index in [1.165, 1.54) is 6.07 Å². The zero-order valence-electron chi connectivity index (χ0n) is 7.31. The minimum Gasteiger partial charge on any atom is -0.511 e. The molecule has 5 heteroatoms. The molecule has 0 fully saturated rings. The number of azo groups is 1. The molecule has 0 saturated heterocycles. The molecule has 4 nitrogen and oxygen atoms in total. The number of rotatable bonds is 3. The van der Waals surface area contributed by atoms with E-state index in [0.717, 1.165) is 0 Å². The van der Waals surface area contributed by atoms with E-state index in [4.69, 9.17) is 5.11 Å². The largest absolute Gasteiger partial charge is 0.511 e. The van der Waals surface area contributed by atoms with Gasteiger partial charge < -0.3 is 10.2 Å². The van der Waals surface area contributed by atoms with Crippen LogP contribution in [-0.4, -0.2) is 16.8 Å². The summed E-state index contributed by atoms with van der Waals surface area (Å²) in [5, 5.41) is 25.2. The number of aliphatic hydroxyl groups is 1. The van der Waals surface area contributed by atoms with Crippen molar-refractivity contribution >= 4 is 5.69 Å². The van der Waals surface area contributed by atoms with Crippen LogP contribution in [0.5, 0.6) is 5.75 Å². The van der Waals surface area contributed by atoms with E-state index in [-0.39, 0.29) is 35.1 Å². The summed E-state index contributed by atoms with van der Waals surface area (Å²) >= 11 is 0. The van der Waals surface area contributed by atoms with E-state index >= 15 is 0 Å². The van der Waals surface area contributed by atoms with Crippen molar-refractivity contribution in [3.8, 4) is 5.75 Å². The van der Waals surface area contributed by atoms with Gasteiger partial charge in [0.1, 0.15) is 23.7 Å². The standard InChI is InChI=1S/C9H10N2O2.Cu/c1-7(12)6-10-11-8-4-2-3-5-9(8)13;/h2-5,12-13H,1,6H2;. The molecule has 0 spiro atoms. The Balaban J connectivity index is 0.00000169. The van der Waals surface area contributed by atoms with Gasteiger partial charge in [0.05, 0.1) is 0 Å². The summed E-state index contributed by atoms with van der Waals surface area (Å²) in [7, 11) is 0. The van der Waals surface area contributed by atoms with Gasteiger partial charge in [0.2, 0.25) is 0 Å². The summed E-state index contributed by atoms with van der Waals surface area (Å²) in [6.07, 6.45) is 0. The van der Waals surface area contributed by atoms with Gasteiger partial charge in [-0.15, -0.1) is 0 Å². The SMILES string of the molecule is C=C(O)CN=Nc1ccccc1O.[Cu]. The number of nitrogens with zero attached hydrogens (tertiary/aromatic N) is 2. The molecule has 1 aromatic rings. The second-order valence-corrected chi connectivity index (χ2v) is 2.45. The summed E-state index contributed by atoms with van der Waals surface area (Å²) in [4.78, 5) is 0. The number of para-hydroxylation sites is 1. The Bertz CT molecular complexity index is 339. The van der Waals surface area contributed by atoms with E-state index in [9.17, 15) is 5.11 Å². The summed E-state index contributed by atoms with van der Waals surface area (Å²) in [6.45, 7) is 3.30. The predicted octanol–water partition coefficient (Wildman–Crippen LogP) is 2.55. The molecule has 0 heterocycles. The Morgan fingerprint density at radius 1 is 1.36 bits per heavy atom. The van der Waals surface area contributed by atoms with Gasteiger partial charge in [-0.1, -0.05) is 18.7 Å². The van der Waals surface area contributed by atoms with Gasteiger partial charge in [0.15, 0.2) is 0 Å². The number of hydrogen-bond donors (Lipinski definition) is 2. The Hall–Kier alpha value is -1.32. The van der Waals surface area contributed by atoms with Crippen LogP contribution in [0.1, 0.15) is 0 Å². The van der Waals surface area contributed by atoms with Crippen molar-refractivity contribution in [2.75, 3.05) is 6.54 Å². The number of benzene rings is 1. The van der Waals surface area contributed by atoms with Gasteiger partial charge in [-0.25, -0.2) is 0 Å². The summed E-state index contributed by atoms with van der Waals surface area (Å²) in [5.41, 5.74) is 0.378. The van der Waals surface area contributed by atoms with Crippen molar-refractivity contribution in [3.05, 3.63) is 36.6 Å². The van der Waals surface area contributed by atoms with Crippen molar-refractivity contribution in [3.63, 3.8) is 0 Å². The quantitative estimate of drug-likeness (QED) is 0.485. The first-order chi connectivity index (χ1) is 6.20. The third-order valence-electron chi connectivity index (χ3n) is 1.31. The van der Waals surface area contributed by atoms with Crippen LogP contribution in [0.25, 0.3) is 0 Å². The minimum absolute atomic E-state index is 0. The summed E-state index contributed by atoms with van der Waals surface area (Å²) < 4.78 is 0. The monoisotopic (exact) mass is 241 g/mol. The molecule has 0 aliphatic rings. The van der Waals surface area contributed by atoms with Crippen LogP contribution in [0.3, 0.4) is 0 Å². The van der Waals surface area contributed by atoms with Gasteiger partial charge in [-0.2, -0.15) is 10.2 Å². The molecule has 0 aromatic heterocycles. The van der Waals surface area contributed by atoms with Gasteiger partial charge in [0.25, 0.3) is 0 Å². The van der Waals surface area contributed by atoms with Crippen molar-refractivity contribution in [1.29, 1.82) is 0 Å². The van der Waals surface area contributed by atoms with Crippen molar-refractivity contribution < 1.29 is 27.3 Å². The molecule has 1 rings (SSSR count). The van der Waals surface area contributed by atoms with Crippen molar-refractivity contribution in [2.24, 2.45) is 10.2 Å². The maximum absolute atomic E-state index is 9.24. The third-order valence-corrected chi connectivity index (χ3v) is 1.31. The molecule has 2 N–H and O–H groups in total. The molecule has 79 valence electrons. The second kappa shape index (κ2) is 6.18. The van der Waals surface area contributed by atoms with E-state index < -0.39 is 0 Å². The molecular weight excluding hydrogens is 232 g/mol. The average Bonchev–Trinajstić information content (AvgIpc) is 2.08. The molecule has 1 radical (unpaired) electrons. The third kappa shape index (κ3) is 4.07. The van der Waals surface area contributed by atoms with Crippen LogP contribution in [-0.2, 0) is 17.1 Å². The Morgan fingerprint density at radius 3 is 2.57 bits per heavy atom. The van der Waals surface area contributed by atoms with Crippen LogP contribution in [0.4, 0.5) is 5.69 Å². The molecule has 14 heavy (non-hydrogen) atoms. The molecule has 0 atom stereocenters. The molecule has 0 aliphatic carbocycles. The topological polar surface area (TPSA) is 65.2 Å². The fourth-order valence-corrected chi connectivity index (χ4v) is 0.742. The Labute approximate surface area is 92.5 Å². The molecule has 0 amide bonds. The Kier molecular flexibility index (Phi) is 5.60. The first-order valence-corrected chi connectivity index (χ1v) is 3.72. The number of phenols is 1. The summed E-state index contributed by atoms with van der Waals surface area (Å²) in [6, 6.07) is 6.57. The number of aliphatic hydroxyl groups excluding tert-OH is 1. The molecule has 0 aliphatic heterocycles. The van der Waals surface area contributed by atoms with Crippen LogP contribution < -0.4 is 0 Å². The minimum atomic E-state index is -0.0563. The fourth-order valence-electron chi connectivity index (χ4n) is 0.742.